The Kier molecular flexibility index (Phi) is 5.24. The highest BCUT2D eigenvalue weighted by atomic mass is 79.9. The average Bonchev–Trinajstić information content (AvgIpc) is 2.67. The first-order chi connectivity index (χ1) is 10.3. The summed E-state index contributed by atoms with van der Waals surface area (Å²) in [6.45, 7) is 10.9. The third kappa shape index (κ3) is 4.14. The van der Waals surface area contributed by atoms with Crippen molar-refractivity contribution in [3.05, 3.63) is 30.1 Å². The zero-order valence-corrected chi connectivity index (χ0v) is 16.4. The monoisotopic (exact) mass is 380 g/mol. The van der Waals surface area contributed by atoms with Gasteiger partial charge < -0.3 is 21.9 Å². The Balaban J connectivity index is 0.00000192. The van der Waals surface area contributed by atoms with E-state index in [2.05, 4.69) is 61.7 Å². The zero-order valence-electron chi connectivity index (χ0n) is 14.8. The van der Waals surface area contributed by atoms with E-state index < -0.39 is 0 Å². The highest BCUT2D eigenvalue weighted by Crippen LogP contribution is 2.52. The standard InChI is InChI=1S/C19H29N2O.BrH/c1-15-5-8-20(9-6-15)10-7-17(22)21-14-19(4)12-16(21)11-18(2,3)13-19;/h5-6,8-9,16H,7,10-14H2,1-4H3;1H/q+1;/p-1. The van der Waals surface area contributed by atoms with E-state index in [0.717, 1.165) is 19.5 Å². The quantitative estimate of drug-likeness (QED) is 0.682. The van der Waals surface area contributed by atoms with Crippen molar-refractivity contribution >= 4 is 5.91 Å². The molecule has 4 heteroatoms. The Labute approximate surface area is 150 Å². The molecule has 1 aromatic heterocycles. The van der Waals surface area contributed by atoms with E-state index in [1.165, 1.54) is 18.4 Å². The summed E-state index contributed by atoms with van der Waals surface area (Å²) >= 11 is 0. The first kappa shape index (κ1) is 18.4. The molecule has 2 fully saturated rings. The minimum atomic E-state index is 0. The summed E-state index contributed by atoms with van der Waals surface area (Å²) in [7, 11) is 0. The van der Waals surface area contributed by atoms with Crippen LogP contribution in [0.3, 0.4) is 0 Å². The van der Waals surface area contributed by atoms with Crippen LogP contribution >= 0.6 is 0 Å². The molecule has 2 atom stereocenters. The van der Waals surface area contributed by atoms with E-state index in [4.69, 9.17) is 0 Å². The second kappa shape index (κ2) is 6.54. The Morgan fingerprint density at radius 1 is 1.26 bits per heavy atom. The van der Waals surface area contributed by atoms with E-state index in [9.17, 15) is 4.79 Å². The lowest BCUT2D eigenvalue weighted by molar-refractivity contribution is -0.696. The van der Waals surface area contributed by atoms with Crippen molar-refractivity contribution in [2.45, 2.75) is 66.0 Å². The number of amides is 1. The highest BCUT2D eigenvalue weighted by Gasteiger charge is 2.50. The van der Waals surface area contributed by atoms with Gasteiger partial charge in [0, 0.05) is 24.7 Å². The number of nitrogens with zero attached hydrogens (tertiary/aromatic N) is 2. The van der Waals surface area contributed by atoms with Gasteiger partial charge in [-0.25, -0.2) is 4.57 Å². The molecule has 0 N–H and O–H groups in total. The van der Waals surface area contributed by atoms with Crippen LogP contribution in [0.5, 0.6) is 0 Å². The Morgan fingerprint density at radius 2 is 1.91 bits per heavy atom. The van der Waals surface area contributed by atoms with Crippen LogP contribution < -0.4 is 21.5 Å². The van der Waals surface area contributed by atoms with Gasteiger partial charge in [-0.05, 0) is 42.6 Å². The van der Waals surface area contributed by atoms with Crippen molar-refractivity contribution in [2.24, 2.45) is 10.8 Å². The number of hydrogen-bond donors (Lipinski definition) is 0. The third-order valence-electron chi connectivity index (χ3n) is 5.38. The van der Waals surface area contributed by atoms with Crippen LogP contribution in [-0.4, -0.2) is 23.4 Å². The van der Waals surface area contributed by atoms with E-state index in [-0.39, 0.29) is 17.0 Å². The van der Waals surface area contributed by atoms with E-state index in [1.54, 1.807) is 0 Å². The maximum atomic E-state index is 12.7. The molecule has 2 heterocycles. The Bertz CT molecular complexity index is 569. The molecule has 1 aliphatic carbocycles. The predicted octanol–water partition coefficient (Wildman–Crippen LogP) is 0.104. The third-order valence-corrected chi connectivity index (χ3v) is 5.38. The van der Waals surface area contributed by atoms with E-state index in [0.29, 0.717) is 29.2 Å². The summed E-state index contributed by atoms with van der Waals surface area (Å²) in [5.41, 5.74) is 1.96. The van der Waals surface area contributed by atoms with Crippen molar-refractivity contribution in [2.75, 3.05) is 6.54 Å². The minimum absolute atomic E-state index is 0. The predicted molar refractivity (Wildman–Crippen MR) is 87.2 cm³/mol. The van der Waals surface area contributed by atoms with Gasteiger partial charge in [0.1, 0.15) is 0 Å². The molecular weight excluding hydrogens is 352 g/mol. The largest absolute Gasteiger partial charge is 1.00 e. The van der Waals surface area contributed by atoms with Gasteiger partial charge in [0.25, 0.3) is 0 Å². The van der Waals surface area contributed by atoms with Gasteiger partial charge in [-0.15, -0.1) is 0 Å². The lowest BCUT2D eigenvalue weighted by atomic mass is 9.65. The molecule has 3 rings (SSSR count). The summed E-state index contributed by atoms with van der Waals surface area (Å²) in [6, 6.07) is 4.65. The Morgan fingerprint density at radius 3 is 2.57 bits per heavy atom. The molecular formula is C19H29BrN2O. The van der Waals surface area contributed by atoms with Crippen molar-refractivity contribution in [1.29, 1.82) is 0 Å². The zero-order chi connectivity index (χ0) is 16.0. The van der Waals surface area contributed by atoms with E-state index >= 15 is 0 Å². The van der Waals surface area contributed by atoms with Crippen LogP contribution in [0.15, 0.2) is 24.5 Å². The number of rotatable bonds is 3. The number of carbonyl (C=O) groups is 1. The molecule has 1 aromatic rings. The fourth-order valence-corrected chi connectivity index (χ4v) is 4.80. The number of likely N-dealkylation sites (tertiary alicyclic amines) is 1. The van der Waals surface area contributed by atoms with Crippen molar-refractivity contribution < 1.29 is 26.3 Å². The van der Waals surface area contributed by atoms with Gasteiger partial charge in [0.2, 0.25) is 5.91 Å². The normalized spacial score (nSPS) is 28.3. The smallest absolute Gasteiger partial charge is 0.229 e. The molecule has 2 aliphatic rings. The molecule has 128 valence electrons. The fraction of sp³-hybridized carbons (Fsp3) is 0.684. The molecule has 1 saturated carbocycles. The number of aromatic nitrogens is 1. The molecule has 3 nitrogen and oxygen atoms in total. The molecule has 0 spiro atoms. The maximum absolute atomic E-state index is 12.7. The van der Waals surface area contributed by atoms with Gasteiger partial charge in [-0.2, -0.15) is 0 Å². The maximum Gasteiger partial charge on any atom is 0.229 e. The van der Waals surface area contributed by atoms with Crippen molar-refractivity contribution in [3.63, 3.8) is 0 Å². The number of fused-ring (bicyclic) bond motifs is 2. The van der Waals surface area contributed by atoms with Crippen LogP contribution in [0.4, 0.5) is 0 Å². The summed E-state index contributed by atoms with van der Waals surface area (Å²) in [4.78, 5) is 14.9. The number of halogens is 1. The highest BCUT2D eigenvalue weighted by molar-refractivity contribution is 5.76. The van der Waals surface area contributed by atoms with Gasteiger partial charge in [0.15, 0.2) is 18.9 Å². The van der Waals surface area contributed by atoms with Gasteiger partial charge in [-0.3, -0.25) is 4.79 Å². The van der Waals surface area contributed by atoms with Gasteiger partial charge in [-0.1, -0.05) is 20.8 Å². The van der Waals surface area contributed by atoms with Gasteiger partial charge >= 0.3 is 0 Å². The molecule has 0 aromatic carbocycles. The fourth-order valence-electron chi connectivity index (χ4n) is 4.80. The Hall–Kier alpha value is -0.900. The van der Waals surface area contributed by atoms with Crippen molar-refractivity contribution in [1.82, 2.24) is 4.90 Å². The van der Waals surface area contributed by atoms with Crippen LogP contribution in [0.2, 0.25) is 0 Å². The number of hydrogen-bond acceptors (Lipinski definition) is 1. The molecule has 1 aliphatic heterocycles. The average molecular weight is 381 g/mol. The molecule has 23 heavy (non-hydrogen) atoms. The summed E-state index contributed by atoms with van der Waals surface area (Å²) in [6.07, 6.45) is 8.34. The molecule has 2 bridgehead atoms. The lowest BCUT2D eigenvalue weighted by Gasteiger charge is -2.39. The van der Waals surface area contributed by atoms with Crippen LogP contribution in [0.25, 0.3) is 0 Å². The number of aryl methyl sites for hydroxylation is 2. The minimum Gasteiger partial charge on any atom is -1.00 e. The molecule has 2 unspecified atom stereocenters. The second-order valence-electron chi connectivity index (χ2n) is 8.60. The summed E-state index contributed by atoms with van der Waals surface area (Å²) < 4.78 is 2.11. The van der Waals surface area contributed by atoms with Crippen LogP contribution in [0.1, 0.15) is 52.0 Å². The second-order valence-corrected chi connectivity index (χ2v) is 8.60. The SMILES string of the molecule is Cc1cc[n+](CCC(=O)N2CC3(C)CC2CC(C)(C)C3)cc1.[Br-]. The lowest BCUT2D eigenvalue weighted by Crippen LogP contribution is -3.00. The van der Waals surface area contributed by atoms with Crippen LogP contribution in [-0.2, 0) is 11.3 Å². The molecule has 1 saturated heterocycles. The van der Waals surface area contributed by atoms with Crippen molar-refractivity contribution in [3.8, 4) is 0 Å². The topological polar surface area (TPSA) is 24.2 Å². The summed E-state index contributed by atoms with van der Waals surface area (Å²) in [5, 5.41) is 0. The number of pyridine rings is 1. The van der Waals surface area contributed by atoms with Gasteiger partial charge in [0.05, 0.1) is 6.42 Å². The first-order valence-corrected chi connectivity index (χ1v) is 8.52. The molecule has 0 radical (unpaired) electrons. The van der Waals surface area contributed by atoms with Crippen LogP contribution in [0, 0.1) is 17.8 Å². The summed E-state index contributed by atoms with van der Waals surface area (Å²) in [5.74, 6) is 0.333. The molecule has 1 amide bonds. The van der Waals surface area contributed by atoms with E-state index in [1.807, 2.05) is 0 Å². The number of carbonyl (C=O) groups excluding carboxylic acids is 1. The first-order valence-electron chi connectivity index (χ1n) is 8.52.